The predicted molar refractivity (Wildman–Crippen MR) is 112 cm³/mol. The average Bonchev–Trinajstić information content (AvgIpc) is 3.01. The smallest absolute Gasteiger partial charge is 0.155 e. The summed E-state index contributed by atoms with van der Waals surface area (Å²) in [5, 5.41) is 9.79. The standard InChI is InChI=1S/C18H16NS.C5H8O2.Ir/c1-12-9-10-16(19-11-12)15-7-4-6-14-13-5-2-3-8-17(13)20-18(14)15;1-4(6)3-5(2)7;/h4,6,9-11H,2-3,5,8H2,1H3;3,6H,1-2H3;/q-1;;/b;4-3-;. The van der Waals surface area contributed by atoms with Gasteiger partial charge in [-0.2, -0.15) is 11.3 Å². The van der Waals surface area contributed by atoms with E-state index in [0.29, 0.717) is 0 Å². The van der Waals surface area contributed by atoms with E-state index in [9.17, 15) is 4.79 Å². The third kappa shape index (κ3) is 5.38. The maximum Gasteiger partial charge on any atom is 0.155 e. The first-order valence-electron chi connectivity index (χ1n) is 9.21. The van der Waals surface area contributed by atoms with Crippen LogP contribution in [0.3, 0.4) is 0 Å². The summed E-state index contributed by atoms with van der Waals surface area (Å²) >= 11 is 1.95. The van der Waals surface area contributed by atoms with Crippen molar-refractivity contribution in [3.8, 4) is 11.3 Å². The van der Waals surface area contributed by atoms with Gasteiger partial charge < -0.3 is 10.1 Å². The van der Waals surface area contributed by atoms with Crippen LogP contribution >= 0.6 is 11.3 Å². The van der Waals surface area contributed by atoms with Crippen molar-refractivity contribution in [2.75, 3.05) is 0 Å². The van der Waals surface area contributed by atoms with Gasteiger partial charge >= 0.3 is 0 Å². The van der Waals surface area contributed by atoms with Crippen molar-refractivity contribution in [2.24, 2.45) is 0 Å². The number of rotatable bonds is 2. The largest absolute Gasteiger partial charge is 0.512 e. The summed E-state index contributed by atoms with van der Waals surface area (Å²) in [6.07, 6.45) is 8.25. The van der Waals surface area contributed by atoms with Crippen molar-refractivity contribution < 1.29 is 30.0 Å². The van der Waals surface area contributed by atoms with Gasteiger partial charge in [-0.05, 0) is 72.9 Å². The normalized spacial score (nSPS) is 13.2. The molecule has 5 heteroatoms. The van der Waals surface area contributed by atoms with Crippen LogP contribution < -0.4 is 0 Å². The number of fused-ring (bicyclic) bond motifs is 3. The van der Waals surface area contributed by atoms with Crippen LogP contribution in [0.1, 0.15) is 42.7 Å². The van der Waals surface area contributed by atoms with Gasteiger partial charge in [0, 0.05) is 32.4 Å². The maximum atomic E-state index is 10.0. The number of aliphatic hydroxyl groups excluding tert-OH is 1. The van der Waals surface area contributed by atoms with E-state index in [0.717, 1.165) is 5.69 Å². The molecule has 1 radical (unpaired) electrons. The predicted octanol–water partition coefficient (Wildman–Crippen LogP) is 5.99. The first-order valence-corrected chi connectivity index (χ1v) is 10.0. The quantitative estimate of drug-likeness (QED) is 0.234. The van der Waals surface area contributed by atoms with Gasteiger partial charge in [-0.15, -0.1) is 23.8 Å². The zero-order valence-electron chi connectivity index (χ0n) is 16.3. The second kappa shape index (κ2) is 10.1. The molecule has 0 saturated heterocycles. The molecule has 28 heavy (non-hydrogen) atoms. The molecule has 0 bridgehead atoms. The number of aromatic nitrogens is 1. The van der Waals surface area contributed by atoms with Gasteiger partial charge in [0.25, 0.3) is 0 Å². The maximum absolute atomic E-state index is 10.0. The van der Waals surface area contributed by atoms with Crippen LogP contribution in [0.2, 0.25) is 0 Å². The van der Waals surface area contributed by atoms with Crippen LogP contribution in [0, 0.1) is 13.0 Å². The third-order valence-corrected chi connectivity index (χ3v) is 5.82. The molecule has 1 N–H and O–H groups in total. The van der Waals surface area contributed by atoms with Crippen molar-refractivity contribution in [3.05, 3.63) is 64.4 Å². The van der Waals surface area contributed by atoms with Crippen LogP contribution in [0.4, 0.5) is 0 Å². The number of hydrogen-bond acceptors (Lipinski definition) is 4. The van der Waals surface area contributed by atoms with E-state index in [1.54, 1.807) is 10.4 Å². The summed E-state index contributed by atoms with van der Waals surface area (Å²) in [5.74, 6) is -0.0625. The molecule has 1 aliphatic carbocycles. The Kier molecular flexibility index (Phi) is 8.11. The Balaban J connectivity index is 0.000000306. The topological polar surface area (TPSA) is 50.2 Å². The summed E-state index contributed by atoms with van der Waals surface area (Å²) in [4.78, 5) is 16.2. The van der Waals surface area contributed by atoms with Crippen molar-refractivity contribution >= 4 is 27.2 Å². The second-order valence-corrected chi connectivity index (χ2v) is 8.03. The third-order valence-electron chi connectivity index (χ3n) is 4.50. The number of aryl methyl sites for hydroxylation is 3. The van der Waals surface area contributed by atoms with E-state index < -0.39 is 0 Å². The van der Waals surface area contributed by atoms with Gasteiger partial charge in [-0.25, -0.2) is 0 Å². The van der Waals surface area contributed by atoms with Crippen LogP contribution in [0.25, 0.3) is 21.3 Å². The molecule has 0 fully saturated rings. The molecule has 0 unspecified atom stereocenters. The number of allylic oxidation sites excluding steroid dienone is 2. The molecule has 3 nitrogen and oxygen atoms in total. The molecule has 0 atom stereocenters. The first-order chi connectivity index (χ1) is 13.0. The summed E-state index contributed by atoms with van der Waals surface area (Å²) in [6.45, 7) is 4.92. The SMILES string of the molecule is CC(=O)/C=C(/C)O.Cc1ccc(-c2[c-]ccc3c4c(sc23)CCCC4)nc1.[Ir]. The monoisotopic (exact) mass is 571 g/mol. The molecular formula is C23H24IrNO2S-. The summed E-state index contributed by atoms with van der Waals surface area (Å²) in [5.41, 5.74) is 4.99. The number of benzene rings is 1. The number of carbonyl (C=O) groups excluding carboxylic acids is 1. The molecule has 0 amide bonds. The molecule has 4 rings (SSSR count). The van der Waals surface area contributed by atoms with E-state index in [-0.39, 0.29) is 31.6 Å². The van der Waals surface area contributed by atoms with Gasteiger partial charge in [0.2, 0.25) is 0 Å². The number of hydrogen-bond donors (Lipinski definition) is 1. The Morgan fingerprint density at radius 1 is 1.21 bits per heavy atom. The van der Waals surface area contributed by atoms with Gasteiger partial charge in [0.05, 0.1) is 5.76 Å². The van der Waals surface area contributed by atoms with Crippen LogP contribution in [0.15, 0.2) is 42.3 Å². The molecule has 1 aliphatic rings. The second-order valence-electron chi connectivity index (χ2n) is 6.92. The Labute approximate surface area is 183 Å². The fourth-order valence-electron chi connectivity index (χ4n) is 3.33. The van der Waals surface area contributed by atoms with Crippen molar-refractivity contribution in [1.29, 1.82) is 0 Å². The summed E-state index contributed by atoms with van der Waals surface area (Å²) < 4.78 is 1.37. The van der Waals surface area contributed by atoms with E-state index in [1.165, 1.54) is 66.8 Å². The van der Waals surface area contributed by atoms with Crippen LogP contribution in [-0.4, -0.2) is 15.9 Å². The van der Waals surface area contributed by atoms with E-state index in [4.69, 9.17) is 5.11 Å². The Morgan fingerprint density at radius 3 is 2.57 bits per heavy atom. The minimum atomic E-state index is -0.125. The summed E-state index contributed by atoms with van der Waals surface area (Å²) in [7, 11) is 0. The minimum absolute atomic E-state index is 0. The average molecular weight is 571 g/mol. The van der Waals surface area contributed by atoms with E-state index in [2.05, 4.69) is 42.2 Å². The number of aliphatic hydroxyl groups is 1. The fraction of sp³-hybridized carbons (Fsp3) is 0.304. The number of pyridine rings is 1. The van der Waals surface area contributed by atoms with Crippen molar-refractivity contribution in [3.63, 3.8) is 0 Å². The zero-order valence-corrected chi connectivity index (χ0v) is 19.5. The molecule has 3 aromatic rings. The first kappa shape index (κ1) is 22.5. The fourth-order valence-corrected chi connectivity index (χ4v) is 4.72. The number of thiophene rings is 1. The van der Waals surface area contributed by atoms with Gasteiger partial charge in [-0.3, -0.25) is 4.79 Å². The minimum Gasteiger partial charge on any atom is -0.512 e. The number of carbonyl (C=O) groups is 1. The van der Waals surface area contributed by atoms with Crippen LogP contribution in [-0.2, 0) is 37.7 Å². The molecule has 0 saturated carbocycles. The van der Waals surface area contributed by atoms with Crippen LogP contribution in [0.5, 0.6) is 0 Å². The Morgan fingerprint density at radius 2 is 1.96 bits per heavy atom. The molecule has 1 aromatic carbocycles. The molecular weight excluding hydrogens is 547 g/mol. The molecule has 2 aromatic heterocycles. The molecule has 149 valence electrons. The Hall–Kier alpha value is -1.81. The number of nitrogens with zero attached hydrogens (tertiary/aromatic N) is 1. The molecule has 0 aliphatic heterocycles. The Bertz CT molecular complexity index is 986. The van der Waals surface area contributed by atoms with E-state index in [1.807, 2.05) is 17.5 Å². The molecule has 2 heterocycles. The van der Waals surface area contributed by atoms with Crippen molar-refractivity contribution in [2.45, 2.75) is 46.5 Å². The zero-order chi connectivity index (χ0) is 19.4. The summed E-state index contributed by atoms with van der Waals surface area (Å²) in [6, 6.07) is 11.9. The van der Waals surface area contributed by atoms with Crippen molar-refractivity contribution in [1.82, 2.24) is 4.98 Å². The molecule has 0 spiro atoms. The van der Waals surface area contributed by atoms with Gasteiger partial charge in [-0.1, -0.05) is 17.5 Å². The number of ketones is 1. The van der Waals surface area contributed by atoms with Gasteiger partial charge in [0.15, 0.2) is 5.78 Å². The van der Waals surface area contributed by atoms with Gasteiger partial charge in [0.1, 0.15) is 0 Å². The van der Waals surface area contributed by atoms with E-state index >= 15 is 0 Å².